The average molecular weight is 429 g/mol. The van der Waals surface area contributed by atoms with Gasteiger partial charge in [0.15, 0.2) is 0 Å². The fourth-order valence-electron chi connectivity index (χ4n) is 1.61. The summed E-state index contributed by atoms with van der Waals surface area (Å²) in [7, 11) is 0. The minimum atomic E-state index is -0.332. The molecule has 1 aromatic carbocycles. The van der Waals surface area contributed by atoms with Crippen molar-refractivity contribution < 1.29 is 9.53 Å². The molecule has 2 rings (SSSR count). The second-order valence-corrected chi connectivity index (χ2v) is 5.95. The van der Waals surface area contributed by atoms with Gasteiger partial charge in [-0.05, 0) is 75.9 Å². The molecule has 0 aromatic heterocycles. The smallest absolute Gasteiger partial charge is 0.408 e. The molecule has 0 radical (unpaired) electrons. The van der Waals surface area contributed by atoms with Crippen LogP contribution in [0, 0.1) is 7.14 Å². The molecule has 5 heteroatoms. The molecule has 2 atom stereocenters. The Kier molecular flexibility index (Phi) is 3.39. The van der Waals surface area contributed by atoms with Gasteiger partial charge in [-0.25, -0.2) is 4.79 Å². The molecule has 1 aliphatic rings. The van der Waals surface area contributed by atoms with Crippen LogP contribution in [0.2, 0.25) is 0 Å². The molecule has 0 spiro atoms. The zero-order valence-corrected chi connectivity index (χ0v) is 12.3. The maximum atomic E-state index is 11.1. The number of amides is 1. The fraction of sp³-hybridized carbons (Fsp3) is 0.300. The molecule has 0 bridgehead atoms. The van der Waals surface area contributed by atoms with Crippen LogP contribution in [0.3, 0.4) is 0 Å². The summed E-state index contributed by atoms with van der Waals surface area (Å²) in [6, 6.07) is 6.21. The minimum Gasteiger partial charge on any atom is -0.439 e. The molecule has 0 saturated carbocycles. The molecule has 1 aliphatic heterocycles. The molecule has 1 fully saturated rings. The van der Waals surface area contributed by atoms with Gasteiger partial charge in [-0.2, -0.15) is 0 Å². The minimum absolute atomic E-state index is 0.0338. The Balaban J connectivity index is 2.33. The number of alkyl carbamates (subject to hydrolysis) is 1. The number of nitrogens with one attached hydrogen (secondary N) is 1. The number of rotatable bonds is 1. The van der Waals surface area contributed by atoms with Crippen LogP contribution in [0.5, 0.6) is 0 Å². The Morgan fingerprint density at radius 1 is 1.27 bits per heavy atom. The monoisotopic (exact) mass is 429 g/mol. The SMILES string of the molecule is C[C@@H]1NC(=O)OC1c1cc(I)cc(I)c1. The van der Waals surface area contributed by atoms with E-state index in [1.165, 1.54) is 0 Å². The third-order valence-electron chi connectivity index (χ3n) is 2.25. The molecule has 80 valence electrons. The Morgan fingerprint density at radius 2 is 1.87 bits per heavy atom. The maximum Gasteiger partial charge on any atom is 0.408 e. The van der Waals surface area contributed by atoms with Crippen molar-refractivity contribution in [2.45, 2.75) is 19.1 Å². The zero-order chi connectivity index (χ0) is 11.0. The van der Waals surface area contributed by atoms with Gasteiger partial charge in [-0.3, -0.25) is 0 Å². The highest BCUT2D eigenvalue weighted by Gasteiger charge is 2.31. The van der Waals surface area contributed by atoms with Crippen LogP contribution in [0.1, 0.15) is 18.6 Å². The maximum absolute atomic E-state index is 11.1. The van der Waals surface area contributed by atoms with E-state index in [0.717, 1.165) is 12.7 Å². The highest BCUT2D eigenvalue weighted by Crippen LogP contribution is 2.28. The van der Waals surface area contributed by atoms with E-state index in [2.05, 4.69) is 56.6 Å². The van der Waals surface area contributed by atoms with Gasteiger partial charge in [0.05, 0.1) is 6.04 Å². The number of benzene rings is 1. The summed E-state index contributed by atoms with van der Waals surface area (Å²) in [5.74, 6) is 0. The molecule has 1 unspecified atom stereocenters. The quantitative estimate of drug-likeness (QED) is 0.698. The first kappa shape index (κ1) is 11.4. The lowest BCUT2D eigenvalue weighted by Crippen LogP contribution is -2.23. The van der Waals surface area contributed by atoms with Crippen molar-refractivity contribution in [3.05, 3.63) is 30.9 Å². The summed E-state index contributed by atoms with van der Waals surface area (Å²) in [6.07, 6.45) is -0.498. The van der Waals surface area contributed by atoms with E-state index < -0.39 is 0 Å². The van der Waals surface area contributed by atoms with E-state index in [1.54, 1.807) is 0 Å². The summed E-state index contributed by atoms with van der Waals surface area (Å²) < 4.78 is 7.53. The normalized spacial score (nSPS) is 24.9. The van der Waals surface area contributed by atoms with Gasteiger partial charge in [0, 0.05) is 7.14 Å². The second-order valence-electron chi connectivity index (χ2n) is 3.46. The first-order chi connectivity index (χ1) is 7.06. The van der Waals surface area contributed by atoms with Gasteiger partial charge in [-0.1, -0.05) is 0 Å². The lowest BCUT2D eigenvalue weighted by Gasteiger charge is -2.13. The molecule has 1 heterocycles. The number of hydrogen-bond donors (Lipinski definition) is 1. The van der Waals surface area contributed by atoms with Crippen LogP contribution < -0.4 is 5.32 Å². The van der Waals surface area contributed by atoms with E-state index in [-0.39, 0.29) is 18.2 Å². The second kappa shape index (κ2) is 4.44. The van der Waals surface area contributed by atoms with E-state index >= 15 is 0 Å². The number of hydrogen-bond acceptors (Lipinski definition) is 2. The van der Waals surface area contributed by atoms with Crippen molar-refractivity contribution in [1.82, 2.24) is 5.32 Å². The Morgan fingerprint density at radius 3 is 2.33 bits per heavy atom. The predicted molar refractivity (Wildman–Crippen MR) is 73.7 cm³/mol. The van der Waals surface area contributed by atoms with Crippen molar-refractivity contribution in [3.8, 4) is 0 Å². The summed E-state index contributed by atoms with van der Waals surface area (Å²) in [5, 5.41) is 2.74. The molecule has 1 saturated heterocycles. The summed E-state index contributed by atoms with van der Waals surface area (Å²) in [6.45, 7) is 1.95. The van der Waals surface area contributed by atoms with Crippen LogP contribution in [0.4, 0.5) is 4.79 Å². The van der Waals surface area contributed by atoms with Crippen molar-refractivity contribution in [1.29, 1.82) is 0 Å². The molecule has 3 nitrogen and oxygen atoms in total. The number of carbonyl (C=O) groups is 1. The van der Waals surface area contributed by atoms with Crippen LogP contribution >= 0.6 is 45.2 Å². The molecule has 1 aromatic rings. The van der Waals surface area contributed by atoms with E-state index in [9.17, 15) is 4.79 Å². The summed E-state index contributed by atoms with van der Waals surface area (Å²) in [4.78, 5) is 11.1. The highest BCUT2D eigenvalue weighted by molar-refractivity contribution is 14.1. The molecule has 1 N–H and O–H groups in total. The Labute approximate surface area is 115 Å². The van der Waals surface area contributed by atoms with Crippen molar-refractivity contribution in [2.24, 2.45) is 0 Å². The highest BCUT2D eigenvalue weighted by atomic mass is 127. The van der Waals surface area contributed by atoms with Gasteiger partial charge in [0.1, 0.15) is 6.10 Å². The van der Waals surface area contributed by atoms with Crippen LogP contribution in [-0.2, 0) is 4.74 Å². The summed E-state index contributed by atoms with van der Waals surface area (Å²) >= 11 is 4.53. The van der Waals surface area contributed by atoms with Crippen LogP contribution in [0.25, 0.3) is 0 Å². The average Bonchev–Trinajstić information content (AvgIpc) is 2.43. The number of halogens is 2. The van der Waals surface area contributed by atoms with Crippen molar-refractivity contribution in [3.63, 3.8) is 0 Å². The number of ether oxygens (including phenoxy) is 1. The van der Waals surface area contributed by atoms with E-state index in [4.69, 9.17) is 4.74 Å². The van der Waals surface area contributed by atoms with Gasteiger partial charge < -0.3 is 10.1 Å². The van der Waals surface area contributed by atoms with Crippen LogP contribution in [-0.4, -0.2) is 12.1 Å². The lowest BCUT2D eigenvalue weighted by molar-refractivity contribution is 0.134. The van der Waals surface area contributed by atoms with Gasteiger partial charge in [0.2, 0.25) is 0 Å². The van der Waals surface area contributed by atoms with E-state index in [0.29, 0.717) is 0 Å². The first-order valence-corrected chi connectivity index (χ1v) is 6.65. The third-order valence-corrected chi connectivity index (χ3v) is 3.49. The predicted octanol–water partition coefficient (Wildman–Crippen LogP) is 3.07. The fourth-order valence-corrected chi connectivity index (χ4v) is 3.60. The molecule has 0 aliphatic carbocycles. The standard InChI is InChI=1S/C10H9I2NO2/c1-5-9(15-10(14)13-5)6-2-7(11)4-8(12)3-6/h2-5,9H,1H3,(H,13,14)/t5-,9?/m0/s1. The van der Waals surface area contributed by atoms with Gasteiger partial charge >= 0.3 is 6.09 Å². The number of cyclic esters (lactones) is 1. The van der Waals surface area contributed by atoms with Crippen molar-refractivity contribution in [2.75, 3.05) is 0 Å². The molecular weight excluding hydrogens is 420 g/mol. The number of carbonyl (C=O) groups excluding carboxylic acids is 1. The van der Waals surface area contributed by atoms with Gasteiger partial charge in [0.25, 0.3) is 0 Å². The molecular formula is C10H9I2NO2. The summed E-state index contributed by atoms with van der Waals surface area (Å²) in [5.41, 5.74) is 1.05. The van der Waals surface area contributed by atoms with Crippen LogP contribution in [0.15, 0.2) is 18.2 Å². The first-order valence-electron chi connectivity index (χ1n) is 4.49. The zero-order valence-electron chi connectivity index (χ0n) is 7.96. The Hall–Kier alpha value is -0.0500. The molecule has 1 amide bonds. The van der Waals surface area contributed by atoms with Crippen molar-refractivity contribution >= 4 is 51.3 Å². The van der Waals surface area contributed by atoms with E-state index in [1.807, 2.05) is 19.1 Å². The Bertz CT molecular complexity index is 388. The van der Waals surface area contributed by atoms with Gasteiger partial charge in [-0.15, -0.1) is 0 Å². The molecule has 15 heavy (non-hydrogen) atoms. The lowest BCUT2D eigenvalue weighted by atomic mass is 10.0. The topological polar surface area (TPSA) is 38.3 Å². The third kappa shape index (κ3) is 2.55. The largest absolute Gasteiger partial charge is 0.439 e.